The van der Waals surface area contributed by atoms with Crippen LogP contribution in [0.25, 0.3) is 0 Å². The van der Waals surface area contributed by atoms with Crippen LogP contribution in [0, 0.1) is 17.7 Å². The van der Waals surface area contributed by atoms with Gasteiger partial charge in [-0.2, -0.15) is 0 Å². The summed E-state index contributed by atoms with van der Waals surface area (Å²) >= 11 is 3.47. The number of nitrogens with one attached hydrogen (secondary N) is 1. The van der Waals surface area contributed by atoms with Crippen molar-refractivity contribution in [3.05, 3.63) is 28.5 Å². The third kappa shape index (κ3) is 3.47. The van der Waals surface area contributed by atoms with E-state index in [-0.39, 0.29) is 5.82 Å². The fourth-order valence-corrected chi connectivity index (χ4v) is 3.15. The molecule has 0 spiro atoms. The molecule has 0 heterocycles. The zero-order valence-corrected chi connectivity index (χ0v) is 12.6. The minimum atomic E-state index is -0.183. The van der Waals surface area contributed by atoms with Crippen LogP contribution >= 0.6 is 15.9 Å². The topological polar surface area (TPSA) is 12.0 Å². The second-order valence-electron chi connectivity index (χ2n) is 5.64. The van der Waals surface area contributed by atoms with E-state index in [0.29, 0.717) is 6.04 Å². The van der Waals surface area contributed by atoms with Crippen molar-refractivity contribution in [1.82, 2.24) is 0 Å². The summed E-state index contributed by atoms with van der Waals surface area (Å²) in [6.07, 6.45) is 4.99. The standard InChI is InChI=1S/C15H21BrFN/c1-10(2)11-4-3-5-13(8-11)18-15-9-12(17)6-7-14(15)16/h6-7,9-11,13,18H,3-5,8H2,1-2H3. The van der Waals surface area contributed by atoms with Gasteiger partial charge in [-0.15, -0.1) is 0 Å². The van der Waals surface area contributed by atoms with E-state index >= 15 is 0 Å². The van der Waals surface area contributed by atoms with Crippen LogP contribution in [0.1, 0.15) is 39.5 Å². The first-order valence-corrected chi connectivity index (χ1v) is 7.57. The molecule has 2 atom stereocenters. The van der Waals surface area contributed by atoms with Gasteiger partial charge in [0.25, 0.3) is 0 Å². The van der Waals surface area contributed by atoms with E-state index in [1.165, 1.54) is 31.7 Å². The third-order valence-electron chi connectivity index (χ3n) is 3.95. The Hall–Kier alpha value is -0.570. The molecule has 0 bridgehead atoms. The lowest BCUT2D eigenvalue weighted by atomic mass is 9.79. The van der Waals surface area contributed by atoms with Gasteiger partial charge in [-0.1, -0.05) is 26.7 Å². The molecule has 0 saturated heterocycles. The van der Waals surface area contributed by atoms with Crippen LogP contribution in [0.5, 0.6) is 0 Å². The molecule has 0 radical (unpaired) electrons. The number of hydrogen-bond donors (Lipinski definition) is 1. The van der Waals surface area contributed by atoms with E-state index in [9.17, 15) is 4.39 Å². The Morgan fingerprint density at radius 1 is 1.33 bits per heavy atom. The van der Waals surface area contributed by atoms with Crippen molar-refractivity contribution < 1.29 is 4.39 Å². The first kappa shape index (κ1) is 13.9. The van der Waals surface area contributed by atoms with Crippen LogP contribution in [0.4, 0.5) is 10.1 Å². The average molecular weight is 314 g/mol. The van der Waals surface area contributed by atoms with E-state index in [1.807, 2.05) is 0 Å². The Kier molecular flexibility index (Phi) is 4.66. The number of hydrogen-bond acceptors (Lipinski definition) is 1. The predicted molar refractivity (Wildman–Crippen MR) is 78.3 cm³/mol. The van der Waals surface area contributed by atoms with E-state index in [0.717, 1.165) is 22.0 Å². The summed E-state index contributed by atoms with van der Waals surface area (Å²) < 4.78 is 14.2. The van der Waals surface area contributed by atoms with Gasteiger partial charge in [0.05, 0.1) is 5.69 Å². The Morgan fingerprint density at radius 3 is 2.83 bits per heavy atom. The van der Waals surface area contributed by atoms with Crippen LogP contribution < -0.4 is 5.32 Å². The molecule has 1 aliphatic rings. The maximum Gasteiger partial charge on any atom is 0.125 e. The summed E-state index contributed by atoms with van der Waals surface area (Å²) in [5, 5.41) is 3.49. The molecule has 18 heavy (non-hydrogen) atoms. The van der Waals surface area contributed by atoms with Gasteiger partial charge in [-0.05, 0) is 58.8 Å². The van der Waals surface area contributed by atoms with Crippen LogP contribution in [0.2, 0.25) is 0 Å². The van der Waals surface area contributed by atoms with Crippen molar-refractivity contribution in [2.45, 2.75) is 45.6 Å². The minimum absolute atomic E-state index is 0.183. The highest BCUT2D eigenvalue weighted by atomic mass is 79.9. The molecule has 2 unspecified atom stereocenters. The van der Waals surface area contributed by atoms with Gasteiger partial charge in [-0.3, -0.25) is 0 Å². The zero-order valence-electron chi connectivity index (χ0n) is 11.0. The highest BCUT2D eigenvalue weighted by Gasteiger charge is 2.24. The van der Waals surface area contributed by atoms with E-state index < -0.39 is 0 Å². The molecule has 3 heteroatoms. The lowest BCUT2D eigenvalue weighted by molar-refractivity contribution is 0.264. The van der Waals surface area contributed by atoms with E-state index in [4.69, 9.17) is 0 Å². The molecule has 1 aliphatic carbocycles. The SMILES string of the molecule is CC(C)C1CCCC(Nc2cc(F)ccc2Br)C1. The molecule has 1 aromatic rings. The highest BCUT2D eigenvalue weighted by molar-refractivity contribution is 9.10. The van der Waals surface area contributed by atoms with Crippen LogP contribution in [0.15, 0.2) is 22.7 Å². The Balaban J connectivity index is 2.02. The zero-order chi connectivity index (χ0) is 13.1. The summed E-state index contributed by atoms with van der Waals surface area (Å²) in [4.78, 5) is 0. The Bertz CT molecular complexity index is 405. The molecule has 0 aliphatic heterocycles. The number of halogens is 2. The summed E-state index contributed by atoms with van der Waals surface area (Å²) in [5.74, 6) is 1.35. The smallest absolute Gasteiger partial charge is 0.125 e. The molecule has 1 nitrogen and oxygen atoms in total. The van der Waals surface area contributed by atoms with Crippen molar-refractivity contribution in [2.75, 3.05) is 5.32 Å². The van der Waals surface area contributed by atoms with Crippen molar-refractivity contribution in [3.8, 4) is 0 Å². The quantitative estimate of drug-likeness (QED) is 0.807. The van der Waals surface area contributed by atoms with E-state index in [1.54, 1.807) is 12.1 Å². The van der Waals surface area contributed by atoms with Crippen LogP contribution in [0.3, 0.4) is 0 Å². The van der Waals surface area contributed by atoms with Gasteiger partial charge in [0.1, 0.15) is 5.82 Å². The molecule has 1 saturated carbocycles. The monoisotopic (exact) mass is 313 g/mol. The summed E-state index contributed by atoms with van der Waals surface area (Å²) in [5.41, 5.74) is 0.879. The maximum atomic E-state index is 13.2. The largest absolute Gasteiger partial charge is 0.381 e. The average Bonchev–Trinajstić information content (AvgIpc) is 2.34. The fourth-order valence-electron chi connectivity index (χ4n) is 2.79. The number of rotatable bonds is 3. The number of anilines is 1. The van der Waals surface area contributed by atoms with Gasteiger partial charge in [0.2, 0.25) is 0 Å². The van der Waals surface area contributed by atoms with Gasteiger partial charge in [-0.25, -0.2) is 4.39 Å². The van der Waals surface area contributed by atoms with Gasteiger partial charge in [0.15, 0.2) is 0 Å². The fraction of sp³-hybridized carbons (Fsp3) is 0.600. The molecule has 100 valence electrons. The molecule has 1 N–H and O–H groups in total. The van der Waals surface area contributed by atoms with Gasteiger partial charge < -0.3 is 5.32 Å². The second-order valence-corrected chi connectivity index (χ2v) is 6.49. The lowest BCUT2D eigenvalue weighted by Gasteiger charge is -2.32. The van der Waals surface area contributed by atoms with Crippen molar-refractivity contribution in [3.63, 3.8) is 0 Å². The van der Waals surface area contributed by atoms with Gasteiger partial charge >= 0.3 is 0 Å². The highest BCUT2D eigenvalue weighted by Crippen LogP contribution is 2.33. The molecule has 0 amide bonds. The predicted octanol–water partition coefficient (Wildman–Crippen LogP) is 5.21. The third-order valence-corrected chi connectivity index (χ3v) is 4.64. The van der Waals surface area contributed by atoms with E-state index in [2.05, 4.69) is 35.1 Å². The Morgan fingerprint density at radius 2 is 2.11 bits per heavy atom. The molecule has 1 fully saturated rings. The van der Waals surface area contributed by atoms with Crippen molar-refractivity contribution in [1.29, 1.82) is 0 Å². The normalized spacial score (nSPS) is 24.3. The van der Waals surface area contributed by atoms with Crippen LogP contribution in [-0.4, -0.2) is 6.04 Å². The van der Waals surface area contributed by atoms with Gasteiger partial charge in [0, 0.05) is 10.5 Å². The maximum absolute atomic E-state index is 13.2. The molecular formula is C15H21BrFN. The molecule has 2 rings (SSSR count). The summed E-state index contributed by atoms with van der Waals surface area (Å²) in [7, 11) is 0. The van der Waals surface area contributed by atoms with Crippen LogP contribution in [-0.2, 0) is 0 Å². The van der Waals surface area contributed by atoms with Crippen molar-refractivity contribution >= 4 is 21.6 Å². The molecule has 0 aromatic heterocycles. The summed E-state index contributed by atoms with van der Waals surface area (Å²) in [6, 6.07) is 5.29. The Labute approximate surface area is 117 Å². The second kappa shape index (κ2) is 6.05. The molecular weight excluding hydrogens is 293 g/mol. The lowest BCUT2D eigenvalue weighted by Crippen LogP contribution is -2.29. The number of benzene rings is 1. The first-order valence-electron chi connectivity index (χ1n) is 6.78. The molecule has 1 aromatic carbocycles. The first-order chi connectivity index (χ1) is 8.56. The van der Waals surface area contributed by atoms with Crippen molar-refractivity contribution in [2.24, 2.45) is 11.8 Å². The summed E-state index contributed by atoms with van der Waals surface area (Å²) in [6.45, 7) is 4.59. The minimum Gasteiger partial charge on any atom is -0.381 e.